The van der Waals surface area contributed by atoms with Gasteiger partial charge in [-0.15, -0.1) is 0 Å². The fourth-order valence-electron chi connectivity index (χ4n) is 1.49. The van der Waals surface area contributed by atoms with Crippen molar-refractivity contribution in [3.8, 4) is 0 Å². The molecule has 0 amide bonds. The van der Waals surface area contributed by atoms with Crippen molar-refractivity contribution in [3.63, 3.8) is 0 Å². The Morgan fingerprint density at radius 2 is 2.00 bits per heavy atom. The molecule has 17 heavy (non-hydrogen) atoms. The average Bonchev–Trinajstić information content (AvgIpc) is 2.25. The first-order chi connectivity index (χ1) is 7.91. The molecule has 0 aromatic heterocycles. The molecule has 0 saturated carbocycles. The van der Waals surface area contributed by atoms with E-state index in [4.69, 9.17) is 0 Å². The molecule has 0 fully saturated rings. The van der Waals surface area contributed by atoms with Crippen molar-refractivity contribution < 1.29 is 4.39 Å². The Balaban J connectivity index is 2.61. The Labute approximate surface area is 111 Å². The summed E-state index contributed by atoms with van der Waals surface area (Å²) in [4.78, 5) is 2.14. The van der Waals surface area contributed by atoms with Gasteiger partial charge in [0.2, 0.25) is 0 Å². The third kappa shape index (κ3) is 4.37. The molecular weight excluding hydrogens is 283 g/mol. The minimum Gasteiger partial charge on any atom is -0.309 e. The lowest BCUT2D eigenvalue weighted by Gasteiger charge is -2.23. The van der Waals surface area contributed by atoms with Crippen LogP contribution in [0.3, 0.4) is 0 Å². The van der Waals surface area contributed by atoms with Crippen LogP contribution < -0.4 is 5.32 Å². The lowest BCUT2D eigenvalue weighted by molar-refractivity contribution is 0.295. The quantitative estimate of drug-likeness (QED) is 0.898. The van der Waals surface area contributed by atoms with Gasteiger partial charge in [0.05, 0.1) is 0 Å². The van der Waals surface area contributed by atoms with Crippen LogP contribution in [0.1, 0.15) is 25.5 Å². The second kappa shape index (κ2) is 6.47. The Kier molecular flexibility index (Phi) is 5.56. The zero-order valence-corrected chi connectivity index (χ0v) is 12.4. The standard InChI is InChI=1S/C13H20BrFN2/c1-9(17(3)4)8-16-10(2)12-6-5-11(14)7-13(12)15/h5-7,9-10,16H,8H2,1-4H3. The highest BCUT2D eigenvalue weighted by molar-refractivity contribution is 9.10. The van der Waals surface area contributed by atoms with Crippen molar-refractivity contribution in [1.29, 1.82) is 0 Å². The molecule has 2 nitrogen and oxygen atoms in total. The predicted octanol–water partition coefficient (Wildman–Crippen LogP) is 3.19. The lowest BCUT2D eigenvalue weighted by Crippen LogP contribution is -2.36. The zero-order valence-electron chi connectivity index (χ0n) is 10.8. The van der Waals surface area contributed by atoms with Gasteiger partial charge in [-0.2, -0.15) is 0 Å². The van der Waals surface area contributed by atoms with Crippen molar-refractivity contribution >= 4 is 15.9 Å². The van der Waals surface area contributed by atoms with Gasteiger partial charge in [-0.05, 0) is 40.1 Å². The molecule has 0 aliphatic heterocycles. The molecule has 1 aromatic carbocycles. The van der Waals surface area contributed by atoms with E-state index in [0.717, 1.165) is 11.0 Å². The minimum atomic E-state index is -0.170. The van der Waals surface area contributed by atoms with Gasteiger partial charge < -0.3 is 10.2 Å². The van der Waals surface area contributed by atoms with Crippen molar-refractivity contribution in [2.45, 2.75) is 25.9 Å². The molecule has 2 atom stereocenters. The smallest absolute Gasteiger partial charge is 0.129 e. The third-order valence-electron chi connectivity index (χ3n) is 3.03. The summed E-state index contributed by atoms with van der Waals surface area (Å²) in [5, 5.41) is 3.34. The monoisotopic (exact) mass is 302 g/mol. The first-order valence-electron chi connectivity index (χ1n) is 5.76. The van der Waals surface area contributed by atoms with E-state index in [1.807, 2.05) is 33.2 Å². The molecule has 1 rings (SSSR count). The third-order valence-corrected chi connectivity index (χ3v) is 3.52. The highest BCUT2D eigenvalue weighted by Crippen LogP contribution is 2.20. The molecular formula is C13H20BrFN2. The number of halogens is 2. The van der Waals surface area contributed by atoms with Crippen LogP contribution in [0.25, 0.3) is 0 Å². The Hall–Kier alpha value is -0.450. The van der Waals surface area contributed by atoms with Crippen LogP contribution in [-0.2, 0) is 0 Å². The van der Waals surface area contributed by atoms with Gasteiger partial charge in [0.1, 0.15) is 5.82 Å². The maximum atomic E-state index is 13.7. The second-order valence-corrected chi connectivity index (χ2v) is 5.52. The molecule has 4 heteroatoms. The Bertz CT molecular complexity index is 368. The van der Waals surface area contributed by atoms with Crippen molar-refractivity contribution in [2.24, 2.45) is 0 Å². The number of hydrogen-bond donors (Lipinski definition) is 1. The van der Waals surface area contributed by atoms with Crippen molar-refractivity contribution in [3.05, 3.63) is 34.1 Å². The SMILES string of the molecule is CC(NCC(C)N(C)C)c1ccc(Br)cc1F. The maximum Gasteiger partial charge on any atom is 0.129 e. The number of hydrogen-bond acceptors (Lipinski definition) is 2. The normalized spacial score (nSPS) is 15.0. The second-order valence-electron chi connectivity index (χ2n) is 4.61. The highest BCUT2D eigenvalue weighted by atomic mass is 79.9. The number of nitrogens with zero attached hydrogens (tertiary/aromatic N) is 1. The number of likely N-dealkylation sites (N-methyl/N-ethyl adjacent to an activating group) is 1. The molecule has 0 spiro atoms. The molecule has 0 aliphatic carbocycles. The van der Waals surface area contributed by atoms with Crippen LogP contribution in [0.15, 0.2) is 22.7 Å². The average molecular weight is 303 g/mol. The topological polar surface area (TPSA) is 15.3 Å². The lowest BCUT2D eigenvalue weighted by atomic mass is 10.1. The number of nitrogens with one attached hydrogen (secondary N) is 1. The van der Waals surface area contributed by atoms with Crippen LogP contribution in [0.4, 0.5) is 4.39 Å². The molecule has 0 saturated heterocycles. The molecule has 0 bridgehead atoms. The van der Waals surface area contributed by atoms with Crippen LogP contribution in [0, 0.1) is 5.82 Å². The summed E-state index contributed by atoms with van der Waals surface area (Å²) in [6, 6.07) is 5.63. The zero-order chi connectivity index (χ0) is 13.0. The Morgan fingerprint density at radius 3 is 2.53 bits per heavy atom. The largest absolute Gasteiger partial charge is 0.309 e. The van der Waals surface area contributed by atoms with Crippen molar-refractivity contribution in [2.75, 3.05) is 20.6 Å². The summed E-state index contributed by atoms with van der Waals surface area (Å²) in [7, 11) is 4.08. The highest BCUT2D eigenvalue weighted by Gasteiger charge is 2.12. The molecule has 1 N–H and O–H groups in total. The van der Waals surface area contributed by atoms with Gasteiger partial charge in [-0.25, -0.2) is 4.39 Å². The van der Waals surface area contributed by atoms with Gasteiger partial charge in [0, 0.05) is 28.7 Å². The number of rotatable bonds is 5. The van der Waals surface area contributed by atoms with E-state index in [0.29, 0.717) is 11.6 Å². The molecule has 0 radical (unpaired) electrons. The van der Waals surface area contributed by atoms with Crippen LogP contribution in [0.2, 0.25) is 0 Å². The van der Waals surface area contributed by atoms with E-state index in [-0.39, 0.29) is 11.9 Å². The van der Waals surface area contributed by atoms with Crippen LogP contribution in [-0.4, -0.2) is 31.6 Å². The van der Waals surface area contributed by atoms with Gasteiger partial charge >= 0.3 is 0 Å². The van der Waals surface area contributed by atoms with E-state index < -0.39 is 0 Å². The maximum absolute atomic E-state index is 13.7. The predicted molar refractivity (Wildman–Crippen MR) is 73.7 cm³/mol. The summed E-state index contributed by atoms with van der Waals surface area (Å²) in [6.07, 6.45) is 0. The van der Waals surface area contributed by atoms with Crippen LogP contribution in [0.5, 0.6) is 0 Å². The van der Waals surface area contributed by atoms with E-state index in [1.165, 1.54) is 6.07 Å². The fourth-order valence-corrected chi connectivity index (χ4v) is 1.83. The molecule has 96 valence electrons. The van der Waals surface area contributed by atoms with E-state index in [1.54, 1.807) is 0 Å². The van der Waals surface area contributed by atoms with Crippen LogP contribution >= 0.6 is 15.9 Å². The van der Waals surface area contributed by atoms with Gasteiger partial charge in [0.25, 0.3) is 0 Å². The van der Waals surface area contributed by atoms with Gasteiger partial charge in [-0.3, -0.25) is 0 Å². The first kappa shape index (κ1) is 14.6. The number of benzene rings is 1. The molecule has 0 aliphatic rings. The van der Waals surface area contributed by atoms with Gasteiger partial charge in [-0.1, -0.05) is 22.0 Å². The van der Waals surface area contributed by atoms with Crippen molar-refractivity contribution in [1.82, 2.24) is 10.2 Å². The van der Waals surface area contributed by atoms with E-state index >= 15 is 0 Å². The Morgan fingerprint density at radius 1 is 1.35 bits per heavy atom. The summed E-state index contributed by atoms with van der Waals surface area (Å²) in [5.74, 6) is -0.170. The van der Waals surface area contributed by atoms with E-state index in [9.17, 15) is 4.39 Å². The fraction of sp³-hybridized carbons (Fsp3) is 0.538. The summed E-state index contributed by atoms with van der Waals surface area (Å²) >= 11 is 3.26. The summed E-state index contributed by atoms with van der Waals surface area (Å²) in [6.45, 7) is 4.95. The molecule has 0 heterocycles. The molecule has 1 aromatic rings. The molecule has 2 unspecified atom stereocenters. The van der Waals surface area contributed by atoms with Gasteiger partial charge in [0.15, 0.2) is 0 Å². The summed E-state index contributed by atoms with van der Waals surface area (Å²) < 4.78 is 14.5. The first-order valence-corrected chi connectivity index (χ1v) is 6.56. The van der Waals surface area contributed by atoms with E-state index in [2.05, 4.69) is 33.1 Å². The summed E-state index contributed by atoms with van der Waals surface area (Å²) in [5.41, 5.74) is 0.708. The minimum absolute atomic E-state index is 0.0190.